The number of hydrazine groups is 1. The normalized spacial score (nSPS) is 15.5. The zero-order valence-corrected chi connectivity index (χ0v) is 20.3. The molecular formula is C22H22Br2N2O4. The van der Waals surface area contributed by atoms with Crippen molar-refractivity contribution in [3.05, 3.63) is 56.5 Å². The largest absolute Gasteiger partial charge is 0.490 e. The molecule has 0 radical (unpaired) electrons. The molecule has 1 heterocycles. The lowest BCUT2D eigenvalue weighted by molar-refractivity contribution is -0.117. The van der Waals surface area contributed by atoms with Crippen molar-refractivity contribution in [2.45, 2.75) is 33.3 Å². The third-order valence-corrected chi connectivity index (χ3v) is 6.21. The molecule has 0 atom stereocenters. The Kier molecular flexibility index (Phi) is 6.57. The Labute approximate surface area is 192 Å². The van der Waals surface area contributed by atoms with Crippen LogP contribution in [0.1, 0.15) is 33.3 Å². The van der Waals surface area contributed by atoms with Crippen LogP contribution in [0.15, 0.2) is 50.9 Å². The number of carbonyl (C=O) groups is 2. The summed E-state index contributed by atoms with van der Waals surface area (Å²) in [5.74, 6) is 0.161. The highest BCUT2D eigenvalue weighted by molar-refractivity contribution is 9.13. The molecule has 8 heteroatoms. The predicted molar refractivity (Wildman–Crippen MR) is 123 cm³/mol. The fourth-order valence-electron chi connectivity index (χ4n) is 2.85. The van der Waals surface area contributed by atoms with Crippen molar-refractivity contribution in [1.82, 2.24) is 5.43 Å². The number of nitrogens with one attached hydrogen (secondary N) is 1. The van der Waals surface area contributed by atoms with Gasteiger partial charge in [0.2, 0.25) is 0 Å². The summed E-state index contributed by atoms with van der Waals surface area (Å²) in [6.07, 6.45) is 1.54. The number of rotatable bonds is 5. The van der Waals surface area contributed by atoms with Crippen LogP contribution < -0.4 is 19.9 Å². The van der Waals surface area contributed by atoms with E-state index in [1.807, 2.05) is 33.8 Å². The number of hydrogen-bond donors (Lipinski definition) is 1. The molecule has 1 N–H and O–H groups in total. The molecule has 1 fully saturated rings. The van der Waals surface area contributed by atoms with E-state index in [4.69, 9.17) is 9.47 Å². The maximum atomic E-state index is 12.9. The second-order valence-electron chi connectivity index (χ2n) is 7.54. The lowest BCUT2D eigenvalue weighted by Gasteiger charge is -2.25. The van der Waals surface area contributed by atoms with Gasteiger partial charge in [-0.3, -0.25) is 15.0 Å². The summed E-state index contributed by atoms with van der Waals surface area (Å²) in [6.45, 7) is 8.14. The predicted octanol–water partition coefficient (Wildman–Crippen LogP) is 5.25. The van der Waals surface area contributed by atoms with Crippen molar-refractivity contribution in [3.63, 3.8) is 0 Å². The lowest BCUT2D eigenvalue weighted by Crippen LogP contribution is -2.35. The van der Waals surface area contributed by atoms with Crippen molar-refractivity contribution in [3.8, 4) is 11.5 Å². The van der Waals surface area contributed by atoms with Gasteiger partial charge in [-0.2, -0.15) is 0 Å². The molecule has 0 aliphatic carbocycles. The first-order valence-electron chi connectivity index (χ1n) is 9.38. The first-order chi connectivity index (χ1) is 14.1. The third-order valence-electron chi connectivity index (χ3n) is 4.07. The average molecular weight is 538 g/mol. The van der Waals surface area contributed by atoms with Gasteiger partial charge < -0.3 is 9.47 Å². The molecule has 0 spiro atoms. The highest BCUT2D eigenvalue weighted by Crippen LogP contribution is 2.45. The molecule has 2 aromatic carbocycles. The van der Waals surface area contributed by atoms with Gasteiger partial charge in [0.15, 0.2) is 11.5 Å². The van der Waals surface area contributed by atoms with E-state index in [1.165, 1.54) is 5.01 Å². The average Bonchev–Trinajstić information content (AvgIpc) is 2.97. The van der Waals surface area contributed by atoms with Gasteiger partial charge in [-0.25, -0.2) is 5.01 Å². The number of para-hydroxylation sites is 1. The standard InChI is InChI=1S/C22H22Br2N2O4/c1-5-29-16-12-13(17(23)18(24)19(16)30-22(2,3)4)11-15-20(27)25-26(21(15)28)14-9-7-6-8-10-14/h6-12H,5H2,1-4H3,(H,25,27)/b15-11-. The summed E-state index contributed by atoms with van der Waals surface area (Å²) in [7, 11) is 0. The minimum absolute atomic E-state index is 0.0263. The summed E-state index contributed by atoms with van der Waals surface area (Å²) in [4.78, 5) is 25.4. The van der Waals surface area contributed by atoms with Crippen LogP contribution in [-0.2, 0) is 9.59 Å². The van der Waals surface area contributed by atoms with Crippen LogP contribution in [0.2, 0.25) is 0 Å². The number of nitrogens with zero attached hydrogens (tertiary/aromatic N) is 1. The zero-order chi connectivity index (χ0) is 22.1. The van der Waals surface area contributed by atoms with Crippen molar-refractivity contribution in [2.24, 2.45) is 0 Å². The molecule has 2 amide bonds. The number of anilines is 1. The molecule has 158 valence electrons. The van der Waals surface area contributed by atoms with Gasteiger partial charge in [0.1, 0.15) is 11.2 Å². The van der Waals surface area contributed by atoms with Crippen molar-refractivity contribution < 1.29 is 19.1 Å². The minimum atomic E-state index is -0.472. The van der Waals surface area contributed by atoms with Crippen LogP contribution in [-0.4, -0.2) is 24.0 Å². The van der Waals surface area contributed by atoms with E-state index in [0.717, 1.165) is 0 Å². The second kappa shape index (κ2) is 8.81. The lowest BCUT2D eigenvalue weighted by atomic mass is 10.1. The van der Waals surface area contributed by atoms with E-state index < -0.39 is 17.4 Å². The van der Waals surface area contributed by atoms with E-state index in [9.17, 15) is 9.59 Å². The van der Waals surface area contributed by atoms with E-state index in [2.05, 4.69) is 37.3 Å². The topological polar surface area (TPSA) is 67.9 Å². The highest BCUT2D eigenvalue weighted by atomic mass is 79.9. The summed E-state index contributed by atoms with van der Waals surface area (Å²) in [5, 5.41) is 1.23. The number of ether oxygens (including phenoxy) is 2. The molecular weight excluding hydrogens is 516 g/mol. The smallest absolute Gasteiger partial charge is 0.282 e. The van der Waals surface area contributed by atoms with Gasteiger partial charge in [0, 0.05) is 4.47 Å². The van der Waals surface area contributed by atoms with E-state index >= 15 is 0 Å². The number of hydrogen-bond acceptors (Lipinski definition) is 4. The van der Waals surface area contributed by atoms with Gasteiger partial charge in [-0.05, 0) is 89.4 Å². The highest BCUT2D eigenvalue weighted by Gasteiger charge is 2.35. The summed E-state index contributed by atoms with van der Waals surface area (Å²) < 4.78 is 13.1. The van der Waals surface area contributed by atoms with Crippen LogP contribution in [0.4, 0.5) is 5.69 Å². The second-order valence-corrected chi connectivity index (χ2v) is 9.13. The number of benzene rings is 2. The molecule has 0 saturated carbocycles. The Morgan fingerprint density at radius 3 is 2.37 bits per heavy atom. The molecule has 0 bridgehead atoms. The molecule has 0 aromatic heterocycles. The molecule has 0 unspecified atom stereocenters. The fourth-order valence-corrected chi connectivity index (χ4v) is 3.76. The first-order valence-corrected chi connectivity index (χ1v) is 11.0. The van der Waals surface area contributed by atoms with Crippen molar-refractivity contribution in [2.75, 3.05) is 11.6 Å². The third kappa shape index (κ3) is 4.70. The maximum Gasteiger partial charge on any atom is 0.282 e. The van der Waals surface area contributed by atoms with Crippen molar-refractivity contribution >= 4 is 55.4 Å². The van der Waals surface area contributed by atoms with Gasteiger partial charge in [-0.15, -0.1) is 0 Å². The monoisotopic (exact) mass is 536 g/mol. The summed E-state index contributed by atoms with van der Waals surface area (Å²) in [5.41, 5.74) is 3.38. The van der Waals surface area contributed by atoms with Crippen LogP contribution in [0.25, 0.3) is 6.08 Å². The minimum Gasteiger partial charge on any atom is -0.490 e. The van der Waals surface area contributed by atoms with E-state index in [0.29, 0.717) is 38.3 Å². The molecule has 1 aliphatic rings. The van der Waals surface area contributed by atoms with Gasteiger partial charge in [-0.1, -0.05) is 18.2 Å². The van der Waals surface area contributed by atoms with E-state index in [-0.39, 0.29) is 5.57 Å². The number of carbonyl (C=O) groups excluding carboxylic acids is 2. The van der Waals surface area contributed by atoms with Gasteiger partial charge in [0.25, 0.3) is 11.8 Å². The molecule has 2 aromatic rings. The maximum absolute atomic E-state index is 12.9. The zero-order valence-electron chi connectivity index (χ0n) is 17.1. The molecule has 1 saturated heterocycles. The van der Waals surface area contributed by atoms with Gasteiger partial charge in [0.05, 0.1) is 16.8 Å². The Bertz CT molecular complexity index is 1010. The first kappa shape index (κ1) is 22.4. The van der Waals surface area contributed by atoms with Crippen LogP contribution in [0.5, 0.6) is 11.5 Å². The summed E-state index contributed by atoms with van der Waals surface area (Å²) >= 11 is 7.10. The summed E-state index contributed by atoms with van der Waals surface area (Å²) in [6, 6.07) is 10.7. The van der Waals surface area contributed by atoms with E-state index in [1.54, 1.807) is 36.4 Å². The van der Waals surface area contributed by atoms with Gasteiger partial charge >= 0.3 is 0 Å². The molecule has 3 rings (SSSR count). The number of amides is 2. The SMILES string of the molecule is CCOc1cc(/C=C2/C(=O)NN(c3ccccc3)C2=O)c(Br)c(Br)c1OC(C)(C)C. The Hall–Kier alpha value is -2.32. The quantitative estimate of drug-likeness (QED) is 0.418. The Morgan fingerprint density at radius 2 is 1.77 bits per heavy atom. The Morgan fingerprint density at radius 1 is 1.10 bits per heavy atom. The Balaban J connectivity index is 2.04. The van der Waals surface area contributed by atoms with Crippen LogP contribution in [0.3, 0.4) is 0 Å². The van der Waals surface area contributed by atoms with Crippen molar-refractivity contribution in [1.29, 1.82) is 0 Å². The molecule has 6 nitrogen and oxygen atoms in total. The molecule has 30 heavy (non-hydrogen) atoms. The van der Waals surface area contributed by atoms with Crippen LogP contribution in [0, 0.1) is 0 Å². The molecule has 1 aliphatic heterocycles. The van der Waals surface area contributed by atoms with Crippen LogP contribution >= 0.6 is 31.9 Å². The fraction of sp³-hybridized carbons (Fsp3) is 0.273. The number of halogens is 2.